The fourth-order valence-electron chi connectivity index (χ4n) is 8.23. The molecule has 4 aromatic carbocycles. The van der Waals surface area contributed by atoms with E-state index in [2.05, 4.69) is 71.8 Å². The largest absolute Gasteiger partial charge is 0.488 e. The second-order valence-electron chi connectivity index (χ2n) is 16.2. The second-order valence-corrected chi connectivity index (χ2v) is 20.7. The lowest BCUT2D eigenvalue weighted by Crippen LogP contribution is -2.56. The third kappa shape index (κ3) is 12.4. The lowest BCUT2D eigenvalue weighted by atomic mass is 9.92. The van der Waals surface area contributed by atoms with E-state index in [9.17, 15) is 31.5 Å². The highest BCUT2D eigenvalue weighted by Crippen LogP contribution is 2.55. The first-order valence-corrected chi connectivity index (χ1v) is 25.1. The van der Waals surface area contributed by atoms with Crippen LogP contribution in [0.1, 0.15) is 67.3 Å². The van der Waals surface area contributed by atoms with Crippen LogP contribution in [0, 0.1) is 0 Å². The number of hydrogen-bond acceptors (Lipinski definition) is 8. The molecule has 0 radical (unpaired) electrons. The van der Waals surface area contributed by atoms with Crippen molar-refractivity contribution < 1.29 is 35.7 Å². The van der Waals surface area contributed by atoms with Gasteiger partial charge >= 0.3 is 10.5 Å². The number of carbonyl (C=O) groups excluding carboxylic acids is 4. The van der Waals surface area contributed by atoms with Crippen LogP contribution in [0.2, 0.25) is 0 Å². The number of H-pyrrole nitrogens is 1. The first-order valence-electron chi connectivity index (χ1n) is 21.9. The van der Waals surface area contributed by atoms with Gasteiger partial charge in [-0.15, -0.1) is 0 Å². The minimum atomic E-state index is -5.31. The monoisotopic (exact) mass is 919 g/mol. The lowest BCUT2D eigenvalue weighted by molar-refractivity contribution is -0.132. The van der Waals surface area contributed by atoms with Crippen molar-refractivity contribution in [1.29, 1.82) is 0 Å². The molecule has 1 aliphatic carbocycles. The predicted molar refractivity (Wildman–Crippen MR) is 252 cm³/mol. The van der Waals surface area contributed by atoms with Gasteiger partial charge in [0, 0.05) is 48.7 Å². The number of fused-ring (bicyclic) bond motifs is 1. The maximum absolute atomic E-state index is 14.4. The van der Waals surface area contributed by atoms with Gasteiger partial charge in [0.05, 0.1) is 17.9 Å². The van der Waals surface area contributed by atoms with Gasteiger partial charge in [0.1, 0.15) is 35.3 Å². The Hall–Kier alpha value is -6.44. The molecular formula is C49H53FN6O7PS+. The van der Waals surface area contributed by atoms with E-state index < -0.39 is 47.4 Å². The summed E-state index contributed by atoms with van der Waals surface area (Å²) in [7, 11) is -7.52. The van der Waals surface area contributed by atoms with E-state index in [1.165, 1.54) is 22.1 Å². The van der Waals surface area contributed by atoms with Crippen LogP contribution in [0.3, 0.4) is 0 Å². The highest BCUT2D eigenvalue weighted by atomic mass is 32.3. The minimum Gasteiger partial charge on any atom is -0.361 e. The van der Waals surface area contributed by atoms with Crippen molar-refractivity contribution in [2.75, 3.05) is 12.7 Å². The Labute approximate surface area is 379 Å². The summed E-state index contributed by atoms with van der Waals surface area (Å²) in [5.74, 6) is -2.15. The van der Waals surface area contributed by atoms with Gasteiger partial charge in [-0.3, -0.25) is 24.2 Å². The smallest absolute Gasteiger partial charge is 0.361 e. The zero-order chi connectivity index (χ0) is 45.7. The van der Waals surface area contributed by atoms with E-state index >= 15 is 0 Å². The number of nitrogens with one attached hydrogen (secondary N) is 5. The summed E-state index contributed by atoms with van der Waals surface area (Å²) in [6, 6.07) is 38.1. The zero-order valence-electron chi connectivity index (χ0n) is 35.8. The molecule has 1 saturated carbocycles. The molecule has 2 atom stereocenters. The number of benzene rings is 4. The maximum Gasteiger partial charge on any atom is 0.488 e. The molecule has 7 rings (SSSR count). The number of rotatable bonds is 22. The standard InChI is InChI=1S/C49H52FN6O7PS/c50-65(61,62)63-38-30-36(32-51-34-38)47(58)52-28-13-12-26-44(48(59)56-45(49(60)54-37-16-14-17-37)31-35-33-53-43-25-11-10-24-42(35)43)55-46(57)27-15-29-64(39-18-4-1-5-19-39,40-20-6-2-7-21-40)41-22-8-3-9-23-41/h1-11,18-25,30,32-34,37,44-45,53H,12-17,26-29,31H2,(H3-,52,54,55,56,57,58,59,60)/p+1. The van der Waals surface area contributed by atoms with E-state index in [1.807, 2.05) is 85.1 Å². The quantitative estimate of drug-likeness (QED) is 0.0325. The van der Waals surface area contributed by atoms with Crippen molar-refractivity contribution in [3.63, 3.8) is 0 Å². The van der Waals surface area contributed by atoms with Gasteiger partial charge in [-0.25, -0.2) is 0 Å². The van der Waals surface area contributed by atoms with Crippen molar-refractivity contribution in [2.24, 2.45) is 0 Å². The van der Waals surface area contributed by atoms with Crippen LogP contribution in [-0.4, -0.2) is 72.8 Å². The molecule has 65 heavy (non-hydrogen) atoms. The molecule has 2 aromatic heterocycles. The van der Waals surface area contributed by atoms with Gasteiger partial charge in [-0.05, 0) is 99.0 Å². The Balaban J connectivity index is 1.06. The molecule has 0 spiro atoms. The Morgan fingerprint density at radius 1 is 0.769 bits per heavy atom. The number of pyridine rings is 1. The highest BCUT2D eigenvalue weighted by Gasteiger charge is 2.44. The maximum atomic E-state index is 14.4. The summed E-state index contributed by atoms with van der Waals surface area (Å²) in [6.45, 7) is 0.158. The average molecular weight is 920 g/mol. The molecule has 0 bridgehead atoms. The molecule has 0 saturated heterocycles. The lowest BCUT2D eigenvalue weighted by Gasteiger charge is -2.29. The van der Waals surface area contributed by atoms with Crippen molar-refractivity contribution in [3.05, 3.63) is 151 Å². The zero-order valence-corrected chi connectivity index (χ0v) is 37.5. The van der Waals surface area contributed by atoms with Crippen LogP contribution in [0.15, 0.2) is 140 Å². The predicted octanol–water partition coefficient (Wildman–Crippen LogP) is 5.71. The number of aromatic amines is 1. The van der Waals surface area contributed by atoms with E-state index in [1.54, 1.807) is 0 Å². The van der Waals surface area contributed by atoms with Crippen molar-refractivity contribution in [2.45, 2.75) is 75.9 Å². The van der Waals surface area contributed by atoms with E-state index in [4.69, 9.17) is 0 Å². The molecule has 4 amide bonds. The molecule has 1 aliphatic rings. The molecular weight excluding hydrogens is 867 g/mol. The van der Waals surface area contributed by atoms with Crippen LogP contribution in [0.5, 0.6) is 5.75 Å². The summed E-state index contributed by atoms with van der Waals surface area (Å²) in [6.07, 6.45) is 9.35. The van der Waals surface area contributed by atoms with Gasteiger partial charge in [0.2, 0.25) is 17.7 Å². The third-order valence-electron chi connectivity index (χ3n) is 11.7. The molecule has 2 heterocycles. The molecule has 13 nitrogen and oxygen atoms in total. The van der Waals surface area contributed by atoms with Crippen LogP contribution in [0.25, 0.3) is 10.9 Å². The molecule has 0 aliphatic heterocycles. The fraction of sp³-hybridized carbons (Fsp3) is 0.286. The van der Waals surface area contributed by atoms with Crippen LogP contribution in [-0.2, 0) is 31.3 Å². The fourth-order valence-corrected chi connectivity index (χ4v) is 12.9. The molecule has 1 fully saturated rings. The number of hydrogen-bond donors (Lipinski definition) is 5. The molecule has 6 aromatic rings. The average Bonchev–Trinajstić information content (AvgIpc) is 3.71. The number of para-hydroxylation sites is 1. The van der Waals surface area contributed by atoms with Gasteiger partial charge in [0.25, 0.3) is 5.91 Å². The normalized spacial score (nSPS) is 13.8. The summed E-state index contributed by atoms with van der Waals surface area (Å²) < 4.78 is 39.1. The number of unbranched alkanes of at least 4 members (excludes halogenated alkanes) is 1. The molecule has 16 heteroatoms. The summed E-state index contributed by atoms with van der Waals surface area (Å²) >= 11 is 0. The summed E-state index contributed by atoms with van der Waals surface area (Å²) in [5.41, 5.74) is 1.73. The van der Waals surface area contributed by atoms with Gasteiger partial charge in [-0.2, -0.15) is 8.42 Å². The summed E-state index contributed by atoms with van der Waals surface area (Å²) in [5, 5.41) is 16.4. The topological polar surface area (TPSA) is 188 Å². The first-order chi connectivity index (χ1) is 31.5. The minimum absolute atomic E-state index is 0.0377. The van der Waals surface area contributed by atoms with Gasteiger partial charge in [-0.1, -0.05) is 76.7 Å². The third-order valence-corrected chi connectivity index (χ3v) is 16.6. The van der Waals surface area contributed by atoms with Crippen LogP contribution < -0.4 is 41.4 Å². The Kier molecular flexibility index (Phi) is 15.7. The van der Waals surface area contributed by atoms with Crippen LogP contribution in [0.4, 0.5) is 3.89 Å². The van der Waals surface area contributed by atoms with E-state index in [0.29, 0.717) is 25.4 Å². The Morgan fingerprint density at radius 2 is 1.40 bits per heavy atom. The first kappa shape index (κ1) is 46.5. The Bertz CT molecular complexity index is 2570. The Morgan fingerprint density at radius 3 is 2.02 bits per heavy atom. The summed E-state index contributed by atoms with van der Waals surface area (Å²) in [4.78, 5) is 62.1. The highest BCUT2D eigenvalue weighted by molar-refractivity contribution is 7.95. The molecule has 5 N–H and O–H groups in total. The van der Waals surface area contributed by atoms with Crippen molar-refractivity contribution in [3.8, 4) is 5.75 Å². The van der Waals surface area contributed by atoms with E-state index in [-0.39, 0.29) is 49.2 Å². The van der Waals surface area contributed by atoms with Gasteiger partial charge < -0.3 is 30.4 Å². The number of nitrogens with zero attached hydrogens (tertiary/aromatic N) is 1. The number of amides is 4. The van der Waals surface area contributed by atoms with Gasteiger partial charge in [0.15, 0.2) is 5.75 Å². The second kappa shape index (κ2) is 22.0. The van der Waals surface area contributed by atoms with Crippen LogP contribution >= 0.6 is 7.26 Å². The number of halogens is 1. The van der Waals surface area contributed by atoms with E-state index in [0.717, 1.165) is 48.0 Å². The number of carbonyl (C=O) groups is 4. The molecule has 2 unspecified atom stereocenters. The molecule has 338 valence electrons. The van der Waals surface area contributed by atoms with Crippen molar-refractivity contribution >= 4 is 68.2 Å². The number of aromatic nitrogens is 2. The van der Waals surface area contributed by atoms with Crippen molar-refractivity contribution in [1.82, 2.24) is 31.2 Å². The SMILES string of the molecule is O=C(CCC[P+](c1ccccc1)(c1ccccc1)c1ccccc1)NC(CCCCNC(=O)c1cncc(OS(=O)(=O)F)c1)C(=O)NC(Cc1c[nH]c2ccccc12)C(=O)NC1CCC1.